The van der Waals surface area contributed by atoms with Gasteiger partial charge in [0.1, 0.15) is 0 Å². The van der Waals surface area contributed by atoms with Crippen molar-refractivity contribution in [3.8, 4) is 0 Å². The lowest BCUT2D eigenvalue weighted by Gasteiger charge is -2.54. The van der Waals surface area contributed by atoms with Crippen LogP contribution in [0.15, 0.2) is 0 Å². The first kappa shape index (κ1) is 12.4. The third kappa shape index (κ3) is 2.04. The van der Waals surface area contributed by atoms with Gasteiger partial charge in [-0.2, -0.15) is 0 Å². The van der Waals surface area contributed by atoms with Gasteiger partial charge >= 0.3 is 0 Å². The monoisotopic (exact) mass is 221 g/mol. The zero-order valence-corrected chi connectivity index (χ0v) is 10.9. The summed E-state index contributed by atoms with van der Waals surface area (Å²) in [5, 5.41) is 0. The fourth-order valence-electron chi connectivity index (χ4n) is 3.70. The van der Waals surface area contributed by atoms with Crippen molar-refractivity contribution in [2.45, 2.75) is 56.4 Å². The van der Waals surface area contributed by atoms with E-state index in [-0.39, 0.29) is 5.54 Å². The summed E-state index contributed by atoms with van der Waals surface area (Å²) in [5.41, 5.74) is 0.215. The molecule has 1 aliphatic heterocycles. The molecule has 0 aromatic heterocycles. The molecule has 0 aromatic rings. The number of rotatable bonds is 2. The molecule has 0 N–H and O–H groups in total. The van der Waals surface area contributed by atoms with E-state index in [4.69, 9.17) is 12.6 Å². The second kappa shape index (κ2) is 4.69. The Morgan fingerprint density at radius 3 is 2.81 bits per heavy atom. The summed E-state index contributed by atoms with van der Waals surface area (Å²) < 4.78 is 5.39. The first-order valence-electron chi connectivity index (χ1n) is 6.56. The third-order valence-corrected chi connectivity index (χ3v) is 4.90. The van der Waals surface area contributed by atoms with Gasteiger partial charge in [0, 0.05) is 18.7 Å². The van der Waals surface area contributed by atoms with Crippen molar-refractivity contribution in [2.24, 2.45) is 5.92 Å². The number of piperidine rings is 1. The number of hydrogen-bond donors (Lipinski definition) is 0. The van der Waals surface area contributed by atoms with Crippen molar-refractivity contribution >= 4 is 7.85 Å². The van der Waals surface area contributed by atoms with Gasteiger partial charge in [0.2, 0.25) is 0 Å². The summed E-state index contributed by atoms with van der Waals surface area (Å²) in [7, 11) is 10.3. The van der Waals surface area contributed by atoms with Crippen molar-refractivity contribution in [1.82, 2.24) is 4.90 Å². The topological polar surface area (TPSA) is 12.5 Å². The van der Waals surface area contributed by atoms with Crippen molar-refractivity contribution in [3.63, 3.8) is 0 Å². The normalized spacial score (nSPS) is 45.3. The highest BCUT2D eigenvalue weighted by Gasteiger charge is 2.44. The average molecular weight is 221 g/mol. The van der Waals surface area contributed by atoms with Crippen LogP contribution in [0.2, 0.25) is 5.82 Å². The number of fused-ring (bicyclic) bond motifs is 1. The first-order chi connectivity index (χ1) is 7.58. The first-order valence-corrected chi connectivity index (χ1v) is 6.56. The summed E-state index contributed by atoms with van der Waals surface area (Å²) >= 11 is 0. The number of ether oxygens (including phenoxy) is 1. The van der Waals surface area contributed by atoms with Crippen molar-refractivity contribution < 1.29 is 4.74 Å². The SMILES string of the molecule is [B]C1CCCC2C1CCC(C)(COC)N2C. The zero-order chi connectivity index (χ0) is 11.8. The van der Waals surface area contributed by atoms with Gasteiger partial charge in [-0.1, -0.05) is 18.7 Å². The Morgan fingerprint density at radius 1 is 1.38 bits per heavy atom. The van der Waals surface area contributed by atoms with Gasteiger partial charge in [0.15, 0.2) is 0 Å². The van der Waals surface area contributed by atoms with Crippen LogP contribution < -0.4 is 0 Å². The molecular weight excluding hydrogens is 197 g/mol. The van der Waals surface area contributed by atoms with E-state index in [0.717, 1.165) is 6.61 Å². The molecule has 1 heterocycles. The van der Waals surface area contributed by atoms with E-state index in [1.54, 1.807) is 7.11 Å². The van der Waals surface area contributed by atoms with E-state index in [0.29, 0.717) is 17.8 Å². The largest absolute Gasteiger partial charge is 0.383 e. The maximum absolute atomic E-state index is 6.26. The molecule has 1 aliphatic carbocycles. The average Bonchev–Trinajstić information content (AvgIpc) is 2.25. The Balaban J connectivity index is 2.11. The van der Waals surface area contributed by atoms with E-state index in [1.807, 2.05) is 0 Å². The second-order valence-corrected chi connectivity index (χ2v) is 5.91. The van der Waals surface area contributed by atoms with Crippen molar-refractivity contribution in [3.05, 3.63) is 0 Å². The molecule has 1 saturated heterocycles. The number of nitrogens with zero attached hydrogens (tertiary/aromatic N) is 1. The van der Waals surface area contributed by atoms with Crippen LogP contribution >= 0.6 is 0 Å². The molecule has 16 heavy (non-hydrogen) atoms. The van der Waals surface area contributed by atoms with E-state index >= 15 is 0 Å². The molecule has 0 aromatic carbocycles. The molecule has 2 fully saturated rings. The fourth-order valence-corrected chi connectivity index (χ4v) is 3.70. The molecule has 0 spiro atoms. The smallest absolute Gasteiger partial charge is 0.0704 e. The number of hydrogen-bond acceptors (Lipinski definition) is 2. The summed E-state index contributed by atoms with van der Waals surface area (Å²) in [6, 6.07) is 0.678. The second-order valence-electron chi connectivity index (χ2n) is 5.91. The number of likely N-dealkylation sites (tertiary alicyclic amines) is 1. The Hall–Kier alpha value is -0.0151. The van der Waals surface area contributed by atoms with Crippen LogP contribution in [0.5, 0.6) is 0 Å². The molecule has 2 rings (SSSR count). The molecule has 4 unspecified atom stereocenters. The van der Waals surface area contributed by atoms with Crippen LogP contribution in [0.3, 0.4) is 0 Å². The highest BCUT2D eigenvalue weighted by Crippen LogP contribution is 2.45. The lowest BCUT2D eigenvalue weighted by molar-refractivity contribution is -0.0558. The summed E-state index contributed by atoms with van der Waals surface area (Å²) in [4.78, 5) is 2.55. The maximum atomic E-state index is 6.26. The van der Waals surface area contributed by atoms with Crippen molar-refractivity contribution in [1.29, 1.82) is 0 Å². The minimum Gasteiger partial charge on any atom is -0.383 e. The van der Waals surface area contributed by atoms with E-state index < -0.39 is 0 Å². The molecule has 0 bridgehead atoms. The quantitative estimate of drug-likeness (QED) is 0.663. The van der Waals surface area contributed by atoms with Crippen LogP contribution in [-0.4, -0.2) is 45.1 Å². The van der Waals surface area contributed by atoms with Gasteiger partial charge in [-0.25, -0.2) is 0 Å². The van der Waals surface area contributed by atoms with Gasteiger partial charge in [0.25, 0.3) is 0 Å². The van der Waals surface area contributed by atoms with Gasteiger partial charge in [-0.05, 0) is 39.2 Å². The van der Waals surface area contributed by atoms with Crippen molar-refractivity contribution in [2.75, 3.05) is 20.8 Å². The van der Waals surface area contributed by atoms with E-state index in [1.165, 1.54) is 32.1 Å². The maximum Gasteiger partial charge on any atom is 0.0704 e. The van der Waals surface area contributed by atoms with Gasteiger partial charge in [0.05, 0.1) is 14.5 Å². The summed E-state index contributed by atoms with van der Waals surface area (Å²) in [6.45, 7) is 3.16. The minimum absolute atomic E-state index is 0.215. The van der Waals surface area contributed by atoms with E-state index in [2.05, 4.69) is 18.9 Å². The third-order valence-electron chi connectivity index (χ3n) is 4.90. The lowest BCUT2D eigenvalue weighted by atomic mass is 9.61. The van der Waals surface area contributed by atoms with Crippen LogP contribution in [0.1, 0.15) is 39.0 Å². The standard InChI is InChI=1S/C13H24BNO/c1-13(9-16-3)8-7-10-11(14)5-4-6-12(10)15(13)2/h10-12H,4-9H2,1-3H3. The Kier molecular flexibility index (Phi) is 3.65. The highest BCUT2D eigenvalue weighted by molar-refractivity contribution is 6.11. The van der Waals surface area contributed by atoms with Gasteiger partial charge in [-0.3, -0.25) is 4.90 Å². The molecular formula is C13H24BNO. The van der Waals surface area contributed by atoms with Gasteiger partial charge < -0.3 is 4.74 Å². The lowest BCUT2D eigenvalue weighted by Crippen LogP contribution is -2.59. The Bertz CT molecular complexity index is 248. The fraction of sp³-hybridized carbons (Fsp3) is 1.00. The zero-order valence-electron chi connectivity index (χ0n) is 10.9. The molecule has 3 heteroatoms. The van der Waals surface area contributed by atoms with Gasteiger partial charge in [-0.15, -0.1) is 0 Å². The van der Waals surface area contributed by atoms with Crippen LogP contribution in [0.25, 0.3) is 0 Å². The van der Waals surface area contributed by atoms with Crippen LogP contribution in [0.4, 0.5) is 0 Å². The Labute approximate surface area is 101 Å². The molecule has 0 amide bonds. The molecule has 4 atom stereocenters. The van der Waals surface area contributed by atoms with Crippen LogP contribution in [0, 0.1) is 5.92 Å². The predicted octanol–water partition coefficient (Wildman–Crippen LogP) is 2.24. The molecule has 2 nitrogen and oxygen atoms in total. The minimum atomic E-state index is 0.215. The molecule has 2 aliphatic rings. The number of likely N-dealkylation sites (N-methyl/N-ethyl adjacent to an activating group) is 1. The highest BCUT2D eigenvalue weighted by atomic mass is 16.5. The number of methoxy groups -OCH3 is 1. The summed E-state index contributed by atoms with van der Waals surface area (Å²) in [5.74, 6) is 1.14. The summed E-state index contributed by atoms with van der Waals surface area (Å²) in [6.07, 6.45) is 6.31. The van der Waals surface area contributed by atoms with Crippen LogP contribution in [-0.2, 0) is 4.74 Å². The molecule has 1 saturated carbocycles. The van der Waals surface area contributed by atoms with E-state index in [9.17, 15) is 0 Å². The Morgan fingerprint density at radius 2 is 2.12 bits per heavy atom. The molecule has 2 radical (unpaired) electrons. The predicted molar refractivity (Wildman–Crippen MR) is 67.9 cm³/mol. The molecule has 90 valence electrons.